The number of hydrogen-bond donors (Lipinski definition) is 1. The van der Waals surface area contributed by atoms with Crippen molar-refractivity contribution in [2.75, 3.05) is 37.7 Å². The summed E-state index contributed by atoms with van der Waals surface area (Å²) in [4.78, 5) is 38.0. The van der Waals surface area contributed by atoms with Crippen molar-refractivity contribution in [1.82, 2.24) is 15.1 Å². The Bertz CT molecular complexity index is 551. The second-order valence-corrected chi connectivity index (χ2v) is 7.60. The van der Waals surface area contributed by atoms with Gasteiger partial charge in [-0.05, 0) is 6.42 Å². The van der Waals surface area contributed by atoms with Crippen LogP contribution in [-0.4, -0.2) is 79.7 Å². The molecule has 9 heteroatoms. The van der Waals surface area contributed by atoms with E-state index in [1.165, 1.54) is 11.8 Å². The maximum absolute atomic E-state index is 12.0. The van der Waals surface area contributed by atoms with Crippen molar-refractivity contribution >= 4 is 27.6 Å². The van der Waals surface area contributed by atoms with Crippen molar-refractivity contribution < 1.29 is 22.8 Å². The Morgan fingerprint density at radius 3 is 2.10 bits per heavy atom. The van der Waals surface area contributed by atoms with Crippen LogP contribution in [0.25, 0.3) is 0 Å². The number of amides is 3. The fraction of sp³-hybridized carbons (Fsp3) is 0.750. The number of nitrogens with one attached hydrogen (secondary N) is 1. The van der Waals surface area contributed by atoms with Gasteiger partial charge in [-0.2, -0.15) is 0 Å². The minimum atomic E-state index is -3.09. The summed E-state index contributed by atoms with van der Waals surface area (Å²) in [5.74, 6) is -1.55. The zero-order valence-electron chi connectivity index (χ0n) is 11.9. The Morgan fingerprint density at radius 1 is 1.05 bits per heavy atom. The number of piperazine rings is 1. The van der Waals surface area contributed by atoms with E-state index in [9.17, 15) is 22.8 Å². The molecule has 3 amide bonds. The molecule has 0 aromatic rings. The molecular formula is C12H19N3O5S. The Kier molecular flexibility index (Phi) is 4.50. The fourth-order valence-corrected chi connectivity index (χ4v) is 4.20. The molecule has 8 nitrogen and oxygen atoms in total. The average molecular weight is 317 g/mol. The molecule has 2 heterocycles. The first-order valence-electron chi connectivity index (χ1n) is 6.84. The van der Waals surface area contributed by atoms with Crippen LogP contribution in [0.1, 0.15) is 13.3 Å². The lowest BCUT2D eigenvalue weighted by molar-refractivity contribution is -0.148. The molecule has 1 unspecified atom stereocenters. The van der Waals surface area contributed by atoms with E-state index >= 15 is 0 Å². The number of hydrogen-bond acceptors (Lipinski definition) is 5. The normalized spacial score (nSPS) is 24.7. The van der Waals surface area contributed by atoms with Gasteiger partial charge in [-0.1, -0.05) is 0 Å². The summed E-state index contributed by atoms with van der Waals surface area (Å²) in [6, 6.07) is -0.482. The third-order valence-corrected chi connectivity index (χ3v) is 5.54. The molecule has 0 spiro atoms. The molecule has 0 radical (unpaired) electrons. The molecule has 0 saturated carbocycles. The molecule has 0 aromatic heterocycles. The van der Waals surface area contributed by atoms with E-state index in [0.717, 1.165) is 0 Å². The maximum Gasteiger partial charge on any atom is 0.312 e. The van der Waals surface area contributed by atoms with Gasteiger partial charge in [-0.15, -0.1) is 0 Å². The van der Waals surface area contributed by atoms with Gasteiger partial charge in [0.15, 0.2) is 9.84 Å². The van der Waals surface area contributed by atoms with Crippen molar-refractivity contribution in [2.45, 2.75) is 19.4 Å². The van der Waals surface area contributed by atoms with Crippen molar-refractivity contribution in [2.24, 2.45) is 0 Å². The Hall–Kier alpha value is -1.64. The molecule has 1 N–H and O–H groups in total. The van der Waals surface area contributed by atoms with Crippen LogP contribution in [0.3, 0.4) is 0 Å². The van der Waals surface area contributed by atoms with Crippen LogP contribution in [0.15, 0.2) is 0 Å². The van der Waals surface area contributed by atoms with Crippen molar-refractivity contribution in [3.63, 3.8) is 0 Å². The molecule has 2 rings (SSSR count). The monoisotopic (exact) mass is 317 g/mol. The van der Waals surface area contributed by atoms with E-state index in [0.29, 0.717) is 32.6 Å². The molecule has 2 aliphatic rings. The number of nitrogens with zero attached hydrogens (tertiary/aromatic N) is 2. The van der Waals surface area contributed by atoms with Gasteiger partial charge in [0, 0.05) is 39.1 Å². The number of carbonyl (C=O) groups is 3. The molecule has 0 aromatic carbocycles. The van der Waals surface area contributed by atoms with Crippen LogP contribution in [0.4, 0.5) is 0 Å². The second-order valence-electron chi connectivity index (χ2n) is 5.37. The van der Waals surface area contributed by atoms with Gasteiger partial charge in [0.25, 0.3) is 0 Å². The standard InChI is InChI=1S/C12H19N3O5S/c1-9(16)14-3-5-15(6-4-14)12(18)11(17)13-10-2-7-21(19,20)8-10/h10H,2-8H2,1H3,(H,13,17). The highest BCUT2D eigenvalue weighted by molar-refractivity contribution is 7.91. The highest BCUT2D eigenvalue weighted by atomic mass is 32.2. The molecule has 118 valence electrons. The van der Waals surface area contributed by atoms with Crippen LogP contribution in [0.2, 0.25) is 0 Å². The number of carbonyl (C=O) groups excluding carboxylic acids is 3. The summed E-state index contributed by atoms with van der Waals surface area (Å²) < 4.78 is 22.6. The topological polar surface area (TPSA) is 104 Å². The summed E-state index contributed by atoms with van der Waals surface area (Å²) in [5, 5.41) is 2.48. The number of sulfone groups is 1. The van der Waals surface area contributed by atoms with Gasteiger partial charge >= 0.3 is 11.8 Å². The molecule has 1 atom stereocenters. The lowest BCUT2D eigenvalue weighted by Gasteiger charge is -2.33. The molecule has 21 heavy (non-hydrogen) atoms. The highest BCUT2D eigenvalue weighted by Gasteiger charge is 2.32. The second kappa shape index (κ2) is 6.00. The van der Waals surface area contributed by atoms with Crippen LogP contribution < -0.4 is 5.32 Å². The predicted molar refractivity (Wildman–Crippen MR) is 74.0 cm³/mol. The van der Waals surface area contributed by atoms with E-state index in [4.69, 9.17) is 0 Å². The minimum absolute atomic E-state index is 0.0451. The lowest BCUT2D eigenvalue weighted by atomic mass is 10.2. The Labute approximate surface area is 123 Å². The van der Waals surface area contributed by atoms with Gasteiger partial charge in [0.2, 0.25) is 5.91 Å². The van der Waals surface area contributed by atoms with Crippen LogP contribution >= 0.6 is 0 Å². The SMILES string of the molecule is CC(=O)N1CCN(C(=O)C(=O)NC2CCS(=O)(=O)C2)CC1. The molecule has 2 aliphatic heterocycles. The third-order valence-electron chi connectivity index (χ3n) is 3.77. The smallest absolute Gasteiger partial charge is 0.312 e. The Morgan fingerprint density at radius 2 is 1.62 bits per heavy atom. The van der Waals surface area contributed by atoms with E-state index in [-0.39, 0.29) is 17.4 Å². The molecule has 0 bridgehead atoms. The van der Waals surface area contributed by atoms with E-state index in [2.05, 4.69) is 5.32 Å². The predicted octanol–water partition coefficient (Wildman–Crippen LogP) is -2.02. The van der Waals surface area contributed by atoms with Crippen LogP contribution in [0.5, 0.6) is 0 Å². The van der Waals surface area contributed by atoms with Crippen LogP contribution in [0, 0.1) is 0 Å². The third kappa shape index (κ3) is 3.93. The van der Waals surface area contributed by atoms with Crippen LogP contribution in [-0.2, 0) is 24.2 Å². The summed E-state index contributed by atoms with van der Waals surface area (Å²) in [5.41, 5.74) is 0. The van der Waals surface area contributed by atoms with Gasteiger partial charge in [-0.25, -0.2) is 8.42 Å². The van der Waals surface area contributed by atoms with Gasteiger partial charge in [0.05, 0.1) is 11.5 Å². The summed E-state index contributed by atoms with van der Waals surface area (Å²) in [7, 11) is -3.09. The van der Waals surface area contributed by atoms with Crippen molar-refractivity contribution in [3.8, 4) is 0 Å². The summed E-state index contributed by atoms with van der Waals surface area (Å²) in [6.45, 7) is 2.91. The van der Waals surface area contributed by atoms with Crippen molar-refractivity contribution in [1.29, 1.82) is 0 Å². The zero-order chi connectivity index (χ0) is 15.6. The Balaban J connectivity index is 1.84. The highest BCUT2D eigenvalue weighted by Crippen LogP contribution is 2.11. The first kappa shape index (κ1) is 15.7. The van der Waals surface area contributed by atoms with Gasteiger partial charge < -0.3 is 15.1 Å². The van der Waals surface area contributed by atoms with Gasteiger partial charge in [-0.3, -0.25) is 14.4 Å². The molecule has 2 fully saturated rings. The maximum atomic E-state index is 12.0. The van der Waals surface area contributed by atoms with Gasteiger partial charge in [0.1, 0.15) is 0 Å². The lowest BCUT2D eigenvalue weighted by Crippen LogP contribution is -2.54. The number of rotatable bonds is 1. The fourth-order valence-electron chi connectivity index (χ4n) is 2.52. The minimum Gasteiger partial charge on any atom is -0.344 e. The molecular weight excluding hydrogens is 298 g/mol. The first-order chi connectivity index (χ1) is 9.78. The zero-order valence-corrected chi connectivity index (χ0v) is 12.7. The largest absolute Gasteiger partial charge is 0.344 e. The quantitative estimate of drug-likeness (QED) is 0.562. The van der Waals surface area contributed by atoms with E-state index in [1.54, 1.807) is 4.90 Å². The average Bonchev–Trinajstić information content (AvgIpc) is 2.77. The van der Waals surface area contributed by atoms with E-state index < -0.39 is 27.7 Å². The van der Waals surface area contributed by atoms with Crippen molar-refractivity contribution in [3.05, 3.63) is 0 Å². The summed E-state index contributed by atoms with van der Waals surface area (Å²) >= 11 is 0. The van der Waals surface area contributed by atoms with E-state index in [1.807, 2.05) is 0 Å². The summed E-state index contributed by atoms with van der Waals surface area (Å²) in [6.07, 6.45) is 0.347. The first-order valence-corrected chi connectivity index (χ1v) is 8.66. The molecule has 2 saturated heterocycles. The molecule has 0 aliphatic carbocycles.